The molecular weight excluding hydrogens is 316 g/mol. The predicted molar refractivity (Wildman–Crippen MR) is 83.4 cm³/mol. The van der Waals surface area contributed by atoms with E-state index < -0.39 is 4.92 Å². The van der Waals surface area contributed by atoms with Crippen LogP contribution in [0.2, 0.25) is 0 Å². The quantitative estimate of drug-likeness (QED) is 0.471. The highest BCUT2D eigenvalue weighted by Crippen LogP contribution is 2.34. The highest BCUT2D eigenvalue weighted by Gasteiger charge is 2.27. The maximum Gasteiger partial charge on any atom is 0.308 e. The average Bonchev–Trinajstić information content (AvgIpc) is 2.61. The summed E-state index contributed by atoms with van der Waals surface area (Å²) in [5, 5.41) is 11.1. The van der Waals surface area contributed by atoms with Gasteiger partial charge in [0.25, 0.3) is 5.69 Å². The molecule has 2 heterocycles. The lowest BCUT2D eigenvalue weighted by Gasteiger charge is -2.31. The molecule has 0 aromatic heterocycles. The van der Waals surface area contributed by atoms with Gasteiger partial charge in [0.2, 0.25) is 0 Å². The Hall–Kier alpha value is -2.19. The fraction of sp³-hybridized carbons (Fsp3) is 0.562. The van der Waals surface area contributed by atoms with Crippen molar-refractivity contribution in [2.24, 2.45) is 5.92 Å². The van der Waals surface area contributed by atoms with Crippen LogP contribution in [0.25, 0.3) is 0 Å². The number of methoxy groups -OCH3 is 1. The van der Waals surface area contributed by atoms with Crippen LogP contribution < -0.4 is 4.74 Å². The van der Waals surface area contributed by atoms with Crippen molar-refractivity contribution in [3.05, 3.63) is 33.4 Å². The van der Waals surface area contributed by atoms with Crippen LogP contribution in [0.3, 0.4) is 0 Å². The Bertz CT molecular complexity index is 640. The molecule has 1 saturated heterocycles. The fourth-order valence-electron chi connectivity index (χ4n) is 3.24. The van der Waals surface area contributed by atoms with Crippen molar-refractivity contribution in [3.8, 4) is 5.75 Å². The molecule has 0 N–H and O–H groups in total. The number of hydrogen-bond donors (Lipinski definition) is 0. The van der Waals surface area contributed by atoms with Crippen LogP contribution in [0.1, 0.15) is 24.0 Å². The molecule has 0 saturated carbocycles. The Kier molecular flexibility index (Phi) is 4.96. The minimum atomic E-state index is -0.401. The summed E-state index contributed by atoms with van der Waals surface area (Å²) >= 11 is 0. The zero-order chi connectivity index (χ0) is 17.1. The predicted octanol–water partition coefficient (Wildman–Crippen LogP) is 1.85. The summed E-state index contributed by atoms with van der Waals surface area (Å²) in [7, 11) is 1.41. The van der Waals surface area contributed by atoms with E-state index in [4.69, 9.17) is 14.2 Å². The zero-order valence-corrected chi connectivity index (χ0v) is 13.5. The molecule has 8 nitrogen and oxygen atoms in total. The number of esters is 1. The molecule has 0 aliphatic carbocycles. The standard InChI is InChI=1S/C16H20N2O6/c1-22-16(19)11-2-4-17(5-3-11)8-12-6-14(18(20)21)7-13-9-23-10-24-15(12)13/h6-7,11H,2-5,8-10H2,1H3. The van der Waals surface area contributed by atoms with Gasteiger partial charge in [-0.3, -0.25) is 19.8 Å². The molecule has 1 aromatic carbocycles. The monoisotopic (exact) mass is 336 g/mol. The van der Waals surface area contributed by atoms with Gasteiger partial charge in [0, 0.05) is 29.8 Å². The number of nitrogens with zero attached hydrogens (tertiary/aromatic N) is 2. The van der Waals surface area contributed by atoms with Crippen molar-refractivity contribution in [1.29, 1.82) is 0 Å². The van der Waals surface area contributed by atoms with Crippen LogP contribution in [0.4, 0.5) is 5.69 Å². The van der Waals surface area contributed by atoms with Gasteiger partial charge in [0.1, 0.15) is 5.75 Å². The molecule has 2 aliphatic heterocycles. The van der Waals surface area contributed by atoms with Gasteiger partial charge in [-0.15, -0.1) is 0 Å². The molecule has 0 unspecified atom stereocenters. The summed E-state index contributed by atoms with van der Waals surface area (Å²) in [6.45, 7) is 2.51. The van der Waals surface area contributed by atoms with Crippen molar-refractivity contribution in [1.82, 2.24) is 4.90 Å². The number of fused-ring (bicyclic) bond motifs is 1. The lowest BCUT2D eigenvalue weighted by molar-refractivity contribution is -0.385. The Morgan fingerprint density at radius 1 is 1.42 bits per heavy atom. The highest BCUT2D eigenvalue weighted by molar-refractivity contribution is 5.72. The number of nitro groups is 1. The van der Waals surface area contributed by atoms with Gasteiger partial charge in [-0.05, 0) is 25.9 Å². The van der Waals surface area contributed by atoms with Crippen LogP contribution in [0, 0.1) is 16.0 Å². The Balaban J connectivity index is 1.74. The van der Waals surface area contributed by atoms with E-state index >= 15 is 0 Å². The molecule has 24 heavy (non-hydrogen) atoms. The van der Waals surface area contributed by atoms with Crippen LogP contribution in [-0.2, 0) is 27.4 Å². The first-order valence-electron chi connectivity index (χ1n) is 7.89. The lowest BCUT2D eigenvalue weighted by Crippen LogP contribution is -2.36. The topological polar surface area (TPSA) is 91.1 Å². The molecule has 1 fully saturated rings. The average molecular weight is 336 g/mol. The first-order chi connectivity index (χ1) is 11.6. The van der Waals surface area contributed by atoms with Crippen LogP contribution in [0.5, 0.6) is 5.75 Å². The van der Waals surface area contributed by atoms with E-state index in [-0.39, 0.29) is 24.4 Å². The van der Waals surface area contributed by atoms with Gasteiger partial charge in [-0.1, -0.05) is 0 Å². The minimum absolute atomic E-state index is 0.0438. The minimum Gasteiger partial charge on any atom is -0.469 e. The van der Waals surface area contributed by atoms with E-state index in [9.17, 15) is 14.9 Å². The summed E-state index contributed by atoms with van der Waals surface area (Å²) < 4.78 is 15.6. The number of ether oxygens (including phenoxy) is 3. The molecule has 8 heteroatoms. The fourth-order valence-corrected chi connectivity index (χ4v) is 3.24. The molecule has 0 radical (unpaired) electrons. The molecule has 0 atom stereocenters. The molecule has 2 aliphatic rings. The van der Waals surface area contributed by atoms with Crippen LogP contribution in [-0.4, -0.2) is 42.8 Å². The van der Waals surface area contributed by atoms with Gasteiger partial charge in [0.05, 0.1) is 24.6 Å². The summed E-state index contributed by atoms with van der Waals surface area (Å²) in [6.07, 6.45) is 1.46. The van der Waals surface area contributed by atoms with Gasteiger partial charge >= 0.3 is 5.97 Å². The van der Waals surface area contributed by atoms with Gasteiger partial charge < -0.3 is 14.2 Å². The van der Waals surface area contributed by atoms with E-state index in [0.29, 0.717) is 24.5 Å². The van der Waals surface area contributed by atoms with Crippen molar-refractivity contribution < 1.29 is 23.9 Å². The zero-order valence-electron chi connectivity index (χ0n) is 13.5. The SMILES string of the molecule is COC(=O)C1CCN(Cc2cc([N+](=O)[O-])cc3c2OCOC3)CC1. The maximum absolute atomic E-state index is 11.6. The summed E-state index contributed by atoms with van der Waals surface area (Å²) in [6, 6.07) is 3.07. The molecular formula is C16H20N2O6. The number of nitro benzene ring substituents is 1. The van der Waals surface area contributed by atoms with E-state index in [1.54, 1.807) is 6.07 Å². The Morgan fingerprint density at radius 2 is 2.17 bits per heavy atom. The van der Waals surface area contributed by atoms with Gasteiger partial charge in [0.15, 0.2) is 6.79 Å². The number of rotatable bonds is 4. The van der Waals surface area contributed by atoms with Crippen molar-refractivity contribution in [2.45, 2.75) is 26.0 Å². The van der Waals surface area contributed by atoms with Gasteiger partial charge in [-0.25, -0.2) is 0 Å². The van der Waals surface area contributed by atoms with Crippen LogP contribution in [0.15, 0.2) is 12.1 Å². The second-order valence-corrected chi connectivity index (χ2v) is 6.03. The largest absolute Gasteiger partial charge is 0.469 e. The molecule has 0 spiro atoms. The second kappa shape index (κ2) is 7.14. The van der Waals surface area contributed by atoms with Crippen molar-refractivity contribution in [3.63, 3.8) is 0 Å². The number of piperidine rings is 1. The summed E-state index contributed by atoms with van der Waals surface area (Å²) in [5.74, 6) is 0.458. The number of carbonyl (C=O) groups excluding carboxylic acids is 1. The molecule has 3 rings (SSSR count). The number of non-ortho nitro benzene ring substituents is 1. The smallest absolute Gasteiger partial charge is 0.308 e. The number of carbonyl (C=O) groups is 1. The highest BCUT2D eigenvalue weighted by atomic mass is 16.7. The van der Waals surface area contributed by atoms with Gasteiger partial charge in [-0.2, -0.15) is 0 Å². The third-order valence-corrected chi connectivity index (χ3v) is 4.50. The summed E-state index contributed by atoms with van der Waals surface area (Å²) in [4.78, 5) is 24.5. The molecule has 0 bridgehead atoms. The first kappa shape index (κ1) is 16.7. The van der Waals surface area contributed by atoms with E-state index in [2.05, 4.69) is 4.90 Å². The number of benzene rings is 1. The molecule has 0 amide bonds. The maximum atomic E-state index is 11.6. The molecule has 1 aromatic rings. The number of hydrogen-bond acceptors (Lipinski definition) is 7. The van der Waals surface area contributed by atoms with E-state index in [0.717, 1.165) is 31.5 Å². The Morgan fingerprint density at radius 3 is 2.83 bits per heavy atom. The Labute approximate surface area is 139 Å². The molecule has 130 valence electrons. The van der Waals surface area contributed by atoms with E-state index in [1.165, 1.54) is 13.2 Å². The summed E-state index contributed by atoms with van der Waals surface area (Å²) in [5.41, 5.74) is 1.54. The number of likely N-dealkylation sites (tertiary alicyclic amines) is 1. The third kappa shape index (κ3) is 3.49. The lowest BCUT2D eigenvalue weighted by atomic mass is 9.96. The van der Waals surface area contributed by atoms with Crippen molar-refractivity contribution in [2.75, 3.05) is 27.0 Å². The third-order valence-electron chi connectivity index (χ3n) is 4.50. The first-order valence-corrected chi connectivity index (χ1v) is 7.89. The normalized spacial score (nSPS) is 18.5. The van der Waals surface area contributed by atoms with Crippen molar-refractivity contribution >= 4 is 11.7 Å². The van der Waals surface area contributed by atoms with Crippen LogP contribution >= 0.6 is 0 Å². The second-order valence-electron chi connectivity index (χ2n) is 6.03. The van der Waals surface area contributed by atoms with E-state index in [1.807, 2.05) is 0 Å².